The van der Waals surface area contributed by atoms with Crippen LogP contribution in [0.25, 0.3) is 16.6 Å². The van der Waals surface area contributed by atoms with Crippen molar-refractivity contribution < 1.29 is 19.0 Å². The lowest BCUT2D eigenvalue weighted by atomic mass is 9.98. The van der Waals surface area contributed by atoms with Crippen LogP contribution in [0.2, 0.25) is 0 Å². The summed E-state index contributed by atoms with van der Waals surface area (Å²) in [5, 5.41) is 0.849. The van der Waals surface area contributed by atoms with Gasteiger partial charge in [-0.15, -0.1) is 0 Å². The number of carbonyl (C=O) groups excluding carboxylic acids is 1. The van der Waals surface area contributed by atoms with Crippen molar-refractivity contribution >= 4 is 16.9 Å². The van der Waals surface area contributed by atoms with Crippen LogP contribution in [0.1, 0.15) is 55.1 Å². The van der Waals surface area contributed by atoms with Gasteiger partial charge in [-0.25, -0.2) is 4.79 Å². The zero-order chi connectivity index (χ0) is 21.1. The van der Waals surface area contributed by atoms with Gasteiger partial charge in [-0.3, -0.25) is 0 Å². The predicted molar refractivity (Wildman–Crippen MR) is 118 cm³/mol. The van der Waals surface area contributed by atoms with Crippen LogP contribution in [0.3, 0.4) is 0 Å². The monoisotopic (exact) mass is 407 g/mol. The summed E-state index contributed by atoms with van der Waals surface area (Å²) >= 11 is 0. The summed E-state index contributed by atoms with van der Waals surface area (Å²) in [6, 6.07) is 13.8. The Bertz CT molecular complexity index is 1030. The summed E-state index contributed by atoms with van der Waals surface area (Å²) in [4.78, 5) is 13.2. The molecule has 0 N–H and O–H groups in total. The second-order valence-corrected chi connectivity index (χ2v) is 7.77. The molecule has 1 heterocycles. The van der Waals surface area contributed by atoms with Crippen molar-refractivity contribution in [2.45, 2.75) is 52.1 Å². The molecular formula is C25H29NO4. The second kappa shape index (κ2) is 8.82. The van der Waals surface area contributed by atoms with Gasteiger partial charge in [0.15, 0.2) is 0 Å². The number of esters is 1. The van der Waals surface area contributed by atoms with Crippen LogP contribution in [0.5, 0.6) is 11.5 Å². The highest BCUT2D eigenvalue weighted by atomic mass is 16.5. The van der Waals surface area contributed by atoms with E-state index in [1.807, 2.05) is 56.3 Å². The van der Waals surface area contributed by atoms with Crippen molar-refractivity contribution in [3.05, 3.63) is 53.7 Å². The summed E-state index contributed by atoms with van der Waals surface area (Å²) < 4.78 is 19.0. The smallest absolute Gasteiger partial charge is 0.340 e. The molecule has 0 spiro atoms. The van der Waals surface area contributed by atoms with Crippen molar-refractivity contribution in [3.63, 3.8) is 0 Å². The molecule has 3 aromatic rings. The Morgan fingerprint density at radius 1 is 1.03 bits per heavy atom. The van der Waals surface area contributed by atoms with Crippen molar-refractivity contribution in [2.75, 3.05) is 13.7 Å². The first kappa shape index (κ1) is 20.3. The molecule has 30 heavy (non-hydrogen) atoms. The molecule has 0 atom stereocenters. The lowest BCUT2D eigenvalue weighted by Gasteiger charge is -2.22. The van der Waals surface area contributed by atoms with Crippen LogP contribution in [0, 0.1) is 6.92 Å². The first-order valence-electron chi connectivity index (χ1n) is 10.8. The van der Waals surface area contributed by atoms with Crippen molar-refractivity contribution in [3.8, 4) is 17.2 Å². The van der Waals surface area contributed by atoms with Crippen LogP contribution >= 0.6 is 0 Å². The SMILES string of the molecule is CCOc1ccc(-n2c(C)c(C(=O)OC3CCCCC3)c3cc(OC)ccc32)cc1. The van der Waals surface area contributed by atoms with E-state index in [0.717, 1.165) is 59.5 Å². The molecule has 0 bridgehead atoms. The third kappa shape index (κ3) is 3.89. The minimum atomic E-state index is -0.248. The lowest BCUT2D eigenvalue weighted by molar-refractivity contribution is 0.0212. The molecule has 1 aliphatic rings. The van der Waals surface area contributed by atoms with E-state index in [1.165, 1.54) is 6.42 Å². The average Bonchev–Trinajstić information content (AvgIpc) is 3.06. The number of benzene rings is 2. The van der Waals surface area contributed by atoms with Gasteiger partial charge in [0.25, 0.3) is 0 Å². The van der Waals surface area contributed by atoms with E-state index in [0.29, 0.717) is 12.2 Å². The van der Waals surface area contributed by atoms with Gasteiger partial charge in [-0.2, -0.15) is 0 Å². The fourth-order valence-corrected chi connectivity index (χ4v) is 4.37. The standard InChI is InChI=1S/C25H29NO4/c1-4-29-19-12-10-18(11-13-19)26-17(2)24(22-16-21(28-3)14-15-23(22)26)25(27)30-20-8-6-5-7-9-20/h10-16,20H,4-9H2,1-3H3. The highest BCUT2D eigenvalue weighted by Gasteiger charge is 2.25. The van der Waals surface area contributed by atoms with Crippen LogP contribution in [-0.2, 0) is 4.74 Å². The van der Waals surface area contributed by atoms with E-state index in [-0.39, 0.29) is 12.1 Å². The zero-order valence-electron chi connectivity index (χ0n) is 17.9. The molecule has 5 heteroatoms. The number of carbonyl (C=O) groups is 1. The van der Waals surface area contributed by atoms with Crippen molar-refractivity contribution in [1.29, 1.82) is 0 Å². The number of rotatable bonds is 6. The maximum atomic E-state index is 13.2. The molecule has 2 aromatic carbocycles. The fraction of sp³-hybridized carbons (Fsp3) is 0.400. The van der Waals surface area contributed by atoms with Gasteiger partial charge in [0.1, 0.15) is 17.6 Å². The van der Waals surface area contributed by atoms with E-state index >= 15 is 0 Å². The van der Waals surface area contributed by atoms with Gasteiger partial charge in [-0.1, -0.05) is 6.42 Å². The Hall–Kier alpha value is -2.95. The molecule has 4 rings (SSSR count). The highest BCUT2D eigenvalue weighted by molar-refractivity contribution is 6.07. The summed E-state index contributed by atoms with van der Waals surface area (Å²) in [6.45, 7) is 4.57. The van der Waals surface area contributed by atoms with Gasteiger partial charge in [0.05, 0.1) is 24.8 Å². The predicted octanol–water partition coefficient (Wildman–Crippen LogP) is 5.84. The molecule has 0 unspecified atom stereocenters. The molecule has 1 saturated carbocycles. The first-order valence-corrected chi connectivity index (χ1v) is 10.8. The molecular weight excluding hydrogens is 378 g/mol. The maximum Gasteiger partial charge on any atom is 0.340 e. The van der Waals surface area contributed by atoms with Crippen molar-refractivity contribution in [2.24, 2.45) is 0 Å². The number of ether oxygens (including phenoxy) is 3. The van der Waals surface area contributed by atoms with Crippen LogP contribution in [-0.4, -0.2) is 30.4 Å². The molecule has 158 valence electrons. The van der Waals surface area contributed by atoms with E-state index in [4.69, 9.17) is 14.2 Å². The maximum absolute atomic E-state index is 13.2. The summed E-state index contributed by atoms with van der Waals surface area (Å²) in [5.74, 6) is 1.30. The highest BCUT2D eigenvalue weighted by Crippen LogP contribution is 2.34. The summed E-state index contributed by atoms with van der Waals surface area (Å²) in [5.41, 5.74) is 3.41. The number of methoxy groups -OCH3 is 1. The molecule has 0 amide bonds. The Balaban J connectivity index is 1.79. The Kier molecular flexibility index (Phi) is 5.98. The second-order valence-electron chi connectivity index (χ2n) is 7.77. The van der Waals surface area contributed by atoms with E-state index < -0.39 is 0 Å². The van der Waals surface area contributed by atoms with Crippen LogP contribution < -0.4 is 9.47 Å². The summed E-state index contributed by atoms with van der Waals surface area (Å²) in [6.07, 6.45) is 5.39. The molecule has 0 aliphatic heterocycles. The third-order valence-electron chi connectivity index (χ3n) is 5.85. The van der Waals surface area contributed by atoms with Crippen LogP contribution in [0.15, 0.2) is 42.5 Å². The van der Waals surface area contributed by atoms with Gasteiger partial charge in [0.2, 0.25) is 0 Å². The number of hydrogen-bond acceptors (Lipinski definition) is 4. The zero-order valence-corrected chi connectivity index (χ0v) is 17.9. The van der Waals surface area contributed by atoms with Gasteiger partial charge < -0.3 is 18.8 Å². The number of fused-ring (bicyclic) bond motifs is 1. The topological polar surface area (TPSA) is 49.7 Å². The van der Waals surface area contributed by atoms with E-state index in [1.54, 1.807) is 7.11 Å². The molecule has 1 aliphatic carbocycles. The number of aromatic nitrogens is 1. The molecule has 1 aromatic heterocycles. The summed E-state index contributed by atoms with van der Waals surface area (Å²) in [7, 11) is 1.64. The molecule has 5 nitrogen and oxygen atoms in total. The minimum absolute atomic E-state index is 0.0140. The fourth-order valence-electron chi connectivity index (χ4n) is 4.37. The Labute approximate surface area is 177 Å². The minimum Gasteiger partial charge on any atom is -0.497 e. The third-order valence-corrected chi connectivity index (χ3v) is 5.85. The van der Waals surface area contributed by atoms with Gasteiger partial charge in [0, 0.05) is 16.8 Å². The van der Waals surface area contributed by atoms with Crippen LogP contribution in [0.4, 0.5) is 0 Å². The van der Waals surface area contributed by atoms with E-state index in [2.05, 4.69) is 4.57 Å². The Morgan fingerprint density at radius 3 is 2.40 bits per heavy atom. The molecule has 1 fully saturated rings. The lowest BCUT2D eigenvalue weighted by Crippen LogP contribution is -2.21. The van der Waals surface area contributed by atoms with Gasteiger partial charge in [-0.05, 0) is 82.0 Å². The first-order chi connectivity index (χ1) is 14.6. The number of hydrogen-bond donors (Lipinski definition) is 0. The van der Waals surface area contributed by atoms with Crippen molar-refractivity contribution in [1.82, 2.24) is 4.57 Å². The largest absolute Gasteiger partial charge is 0.497 e. The number of nitrogens with zero attached hydrogens (tertiary/aromatic N) is 1. The van der Waals surface area contributed by atoms with Gasteiger partial charge >= 0.3 is 5.97 Å². The average molecular weight is 408 g/mol. The molecule has 0 saturated heterocycles. The molecule has 0 radical (unpaired) electrons. The van der Waals surface area contributed by atoms with E-state index in [9.17, 15) is 4.79 Å². The normalized spacial score (nSPS) is 14.6. The quantitative estimate of drug-likeness (QED) is 0.482. The Morgan fingerprint density at radius 2 is 1.73 bits per heavy atom.